The molecule has 23 heavy (non-hydrogen) atoms. The maximum Gasteiger partial charge on any atom is 0.189 e. The number of carbonyl (C=O) groups excluding carboxylic acids is 1. The van der Waals surface area contributed by atoms with E-state index in [0.29, 0.717) is 11.7 Å². The average Bonchev–Trinajstić information content (AvgIpc) is 2.62. The van der Waals surface area contributed by atoms with Crippen molar-refractivity contribution < 1.29 is 9.69 Å². The van der Waals surface area contributed by atoms with Gasteiger partial charge in [-0.25, -0.2) is 0 Å². The number of rotatable bonds is 3. The molecule has 0 spiro atoms. The summed E-state index contributed by atoms with van der Waals surface area (Å²) < 4.78 is 0. The van der Waals surface area contributed by atoms with Crippen molar-refractivity contribution in [3.05, 3.63) is 0 Å². The molecule has 5 unspecified atom stereocenters. The van der Waals surface area contributed by atoms with Crippen molar-refractivity contribution in [1.29, 1.82) is 0 Å². The molecule has 3 aliphatic carbocycles. The molecule has 0 amide bonds. The van der Waals surface area contributed by atoms with E-state index in [1.54, 1.807) is 4.90 Å². The molecule has 4 fully saturated rings. The molecule has 0 aromatic carbocycles. The summed E-state index contributed by atoms with van der Waals surface area (Å²) in [5, 5.41) is 0. The molecule has 4 aliphatic rings. The van der Waals surface area contributed by atoms with Gasteiger partial charge in [-0.15, -0.1) is 0 Å². The van der Waals surface area contributed by atoms with Gasteiger partial charge in [0.05, 0.1) is 12.6 Å². The third kappa shape index (κ3) is 3.38. The van der Waals surface area contributed by atoms with Gasteiger partial charge < -0.3 is 4.90 Å². The topological polar surface area (TPSA) is 21.5 Å². The third-order valence-electron chi connectivity index (χ3n) is 7.90. The first kappa shape index (κ1) is 16.1. The summed E-state index contributed by atoms with van der Waals surface area (Å²) in [6, 6.07) is 0.829. The van der Waals surface area contributed by atoms with Crippen molar-refractivity contribution in [3.63, 3.8) is 0 Å². The number of hydrogen-bond donors (Lipinski definition) is 1. The first-order valence-corrected chi connectivity index (χ1v) is 10.7. The van der Waals surface area contributed by atoms with E-state index >= 15 is 0 Å². The molecule has 0 bridgehead atoms. The molecule has 0 aromatic heterocycles. The Labute approximate surface area is 142 Å². The largest absolute Gasteiger partial charge is 0.326 e. The molecular formula is C21H36NO+. The van der Waals surface area contributed by atoms with Gasteiger partial charge in [0.25, 0.3) is 0 Å². The van der Waals surface area contributed by atoms with Crippen molar-refractivity contribution in [2.75, 3.05) is 13.1 Å². The van der Waals surface area contributed by atoms with Crippen LogP contribution in [0, 0.1) is 23.7 Å². The van der Waals surface area contributed by atoms with Crippen LogP contribution in [0.5, 0.6) is 0 Å². The molecule has 3 saturated carbocycles. The van der Waals surface area contributed by atoms with Crippen LogP contribution in [0.2, 0.25) is 0 Å². The minimum atomic E-state index is 0.419. The summed E-state index contributed by atoms with van der Waals surface area (Å²) in [7, 11) is 0. The van der Waals surface area contributed by atoms with Gasteiger partial charge in [-0.05, 0) is 56.8 Å². The zero-order chi connectivity index (χ0) is 15.6. The molecule has 5 atom stereocenters. The lowest BCUT2D eigenvalue weighted by atomic mass is 9.61. The molecule has 0 radical (unpaired) electrons. The quantitative estimate of drug-likeness (QED) is 0.846. The summed E-state index contributed by atoms with van der Waals surface area (Å²) in [4.78, 5) is 14.5. The fourth-order valence-corrected chi connectivity index (χ4v) is 6.75. The summed E-state index contributed by atoms with van der Waals surface area (Å²) in [5.41, 5.74) is 0. The van der Waals surface area contributed by atoms with E-state index in [0.717, 1.165) is 30.3 Å². The smallest absolute Gasteiger partial charge is 0.189 e. The van der Waals surface area contributed by atoms with E-state index < -0.39 is 0 Å². The lowest BCUT2D eigenvalue weighted by Crippen LogP contribution is -3.18. The highest BCUT2D eigenvalue weighted by molar-refractivity contribution is 5.81. The number of fused-ring (bicyclic) bond motifs is 3. The molecule has 130 valence electrons. The van der Waals surface area contributed by atoms with Gasteiger partial charge in [-0.3, -0.25) is 4.79 Å². The normalized spacial score (nSPS) is 41.8. The van der Waals surface area contributed by atoms with Crippen molar-refractivity contribution in [2.45, 2.75) is 89.5 Å². The Kier molecular flexibility index (Phi) is 5.08. The number of carbonyl (C=O) groups is 1. The maximum absolute atomic E-state index is 12.8. The van der Waals surface area contributed by atoms with E-state index in [4.69, 9.17) is 0 Å². The highest BCUT2D eigenvalue weighted by Crippen LogP contribution is 2.45. The predicted octanol–water partition coefficient (Wildman–Crippen LogP) is 3.40. The van der Waals surface area contributed by atoms with Crippen LogP contribution in [0.3, 0.4) is 0 Å². The van der Waals surface area contributed by atoms with E-state index in [9.17, 15) is 4.79 Å². The van der Waals surface area contributed by atoms with Crippen LogP contribution in [0.15, 0.2) is 0 Å². The summed E-state index contributed by atoms with van der Waals surface area (Å²) >= 11 is 0. The minimum Gasteiger partial charge on any atom is -0.326 e. The molecular weight excluding hydrogens is 282 g/mol. The summed E-state index contributed by atoms with van der Waals surface area (Å²) in [6.07, 6.45) is 18.0. The lowest BCUT2D eigenvalue weighted by Gasteiger charge is -2.49. The van der Waals surface area contributed by atoms with Crippen LogP contribution in [-0.4, -0.2) is 24.9 Å². The maximum atomic E-state index is 12.8. The third-order valence-corrected chi connectivity index (χ3v) is 7.90. The van der Waals surface area contributed by atoms with Crippen molar-refractivity contribution in [3.8, 4) is 0 Å². The number of piperidine rings is 1. The predicted molar refractivity (Wildman–Crippen MR) is 93.5 cm³/mol. The van der Waals surface area contributed by atoms with Gasteiger partial charge in [-0.1, -0.05) is 38.5 Å². The number of ketones is 1. The Balaban J connectivity index is 1.40. The van der Waals surface area contributed by atoms with Crippen LogP contribution < -0.4 is 4.90 Å². The second kappa shape index (κ2) is 7.25. The second-order valence-electron chi connectivity index (χ2n) is 9.08. The number of likely N-dealkylation sites (tertiary alicyclic amines) is 1. The first-order valence-electron chi connectivity index (χ1n) is 10.7. The fraction of sp³-hybridized carbons (Fsp3) is 0.952. The highest BCUT2D eigenvalue weighted by atomic mass is 16.1. The Morgan fingerprint density at radius 1 is 0.739 bits per heavy atom. The lowest BCUT2D eigenvalue weighted by molar-refractivity contribution is -0.929. The number of quaternary nitrogens is 1. The summed E-state index contributed by atoms with van der Waals surface area (Å²) in [5.74, 6) is 4.05. The van der Waals surface area contributed by atoms with Gasteiger partial charge in [0.1, 0.15) is 6.54 Å². The minimum absolute atomic E-state index is 0.419. The molecule has 2 heteroatoms. The molecule has 4 rings (SSSR count). The SMILES string of the molecule is O=C(C[NH+]1CCCC2C3CCCCC3CCC21)C1CCCCC1. The van der Waals surface area contributed by atoms with Gasteiger partial charge in [0.2, 0.25) is 0 Å². The Morgan fingerprint density at radius 3 is 2.35 bits per heavy atom. The Hall–Kier alpha value is -0.370. The van der Waals surface area contributed by atoms with E-state index in [1.807, 2.05) is 0 Å². The van der Waals surface area contributed by atoms with Crippen molar-refractivity contribution in [2.24, 2.45) is 23.7 Å². The van der Waals surface area contributed by atoms with Crippen LogP contribution >= 0.6 is 0 Å². The van der Waals surface area contributed by atoms with Crippen molar-refractivity contribution >= 4 is 5.78 Å². The monoisotopic (exact) mass is 318 g/mol. The highest BCUT2D eigenvalue weighted by Gasteiger charge is 2.46. The van der Waals surface area contributed by atoms with Crippen LogP contribution in [0.4, 0.5) is 0 Å². The van der Waals surface area contributed by atoms with Crippen LogP contribution in [-0.2, 0) is 4.79 Å². The first-order chi connectivity index (χ1) is 11.3. The molecule has 1 heterocycles. The zero-order valence-electron chi connectivity index (χ0n) is 14.9. The number of nitrogens with one attached hydrogen (secondary N) is 1. The number of Topliss-reactive ketones (excluding diaryl/α,β-unsaturated/α-hetero) is 1. The van der Waals surface area contributed by atoms with E-state index in [1.165, 1.54) is 90.0 Å². The Morgan fingerprint density at radius 2 is 1.48 bits per heavy atom. The van der Waals surface area contributed by atoms with Crippen LogP contribution in [0.25, 0.3) is 0 Å². The van der Waals surface area contributed by atoms with Gasteiger partial charge in [0, 0.05) is 11.8 Å². The van der Waals surface area contributed by atoms with E-state index in [-0.39, 0.29) is 0 Å². The molecule has 1 aliphatic heterocycles. The fourth-order valence-electron chi connectivity index (χ4n) is 6.75. The standard InChI is InChI=1S/C21H35NO/c23-21(17-8-2-1-3-9-17)15-22-14-6-11-19-18-10-5-4-7-16(18)12-13-20(19)22/h16-20H,1-15H2/p+1. The number of hydrogen-bond acceptors (Lipinski definition) is 1. The van der Waals surface area contributed by atoms with Gasteiger partial charge in [0.15, 0.2) is 5.78 Å². The molecule has 1 saturated heterocycles. The van der Waals surface area contributed by atoms with E-state index in [2.05, 4.69) is 0 Å². The summed E-state index contributed by atoms with van der Waals surface area (Å²) in [6.45, 7) is 2.14. The van der Waals surface area contributed by atoms with Crippen LogP contribution in [0.1, 0.15) is 83.5 Å². The zero-order valence-corrected chi connectivity index (χ0v) is 14.9. The van der Waals surface area contributed by atoms with Gasteiger partial charge in [-0.2, -0.15) is 0 Å². The molecule has 0 aromatic rings. The second-order valence-corrected chi connectivity index (χ2v) is 9.08. The molecule has 2 nitrogen and oxygen atoms in total. The average molecular weight is 319 g/mol. The van der Waals surface area contributed by atoms with Gasteiger partial charge >= 0.3 is 0 Å². The Bertz CT molecular complexity index is 414. The van der Waals surface area contributed by atoms with Crippen molar-refractivity contribution in [1.82, 2.24) is 0 Å². The molecule has 1 N–H and O–H groups in total.